The maximum absolute atomic E-state index is 12.3. The van der Waals surface area contributed by atoms with Crippen molar-refractivity contribution in [2.24, 2.45) is 0 Å². The first-order valence-corrected chi connectivity index (χ1v) is 7.23. The van der Waals surface area contributed by atoms with Crippen LogP contribution in [0.5, 0.6) is 0 Å². The van der Waals surface area contributed by atoms with Gasteiger partial charge in [0, 0.05) is 17.1 Å². The molecule has 110 valence electrons. The number of hydrogen-bond donors (Lipinski definition) is 0. The van der Waals surface area contributed by atoms with Gasteiger partial charge in [-0.1, -0.05) is 48.5 Å². The molecular formula is C19H12N2O2. The van der Waals surface area contributed by atoms with Crippen molar-refractivity contribution >= 4 is 11.0 Å². The average Bonchev–Trinajstić information content (AvgIpc) is 2.62. The summed E-state index contributed by atoms with van der Waals surface area (Å²) in [5.41, 5.74) is 2.06. The Bertz CT molecular complexity index is 1040. The molecule has 0 spiro atoms. The van der Waals surface area contributed by atoms with Gasteiger partial charge in [0.1, 0.15) is 5.58 Å². The Morgan fingerprint density at radius 3 is 2.52 bits per heavy atom. The van der Waals surface area contributed by atoms with E-state index in [0.29, 0.717) is 22.7 Å². The molecule has 0 saturated carbocycles. The van der Waals surface area contributed by atoms with E-state index >= 15 is 0 Å². The molecule has 2 aromatic heterocycles. The molecule has 23 heavy (non-hydrogen) atoms. The van der Waals surface area contributed by atoms with Crippen molar-refractivity contribution < 1.29 is 4.42 Å². The van der Waals surface area contributed by atoms with Crippen LogP contribution in [0.1, 0.15) is 0 Å². The number of hydrogen-bond acceptors (Lipinski definition) is 4. The predicted octanol–water partition coefficient (Wildman–Crippen LogP) is 3.92. The number of benzene rings is 2. The van der Waals surface area contributed by atoms with Crippen molar-refractivity contribution in [2.45, 2.75) is 0 Å². The first-order chi connectivity index (χ1) is 11.3. The monoisotopic (exact) mass is 300 g/mol. The lowest BCUT2D eigenvalue weighted by Gasteiger charge is -2.04. The molecule has 0 saturated heterocycles. The highest BCUT2D eigenvalue weighted by Crippen LogP contribution is 2.21. The normalized spacial score (nSPS) is 10.8. The summed E-state index contributed by atoms with van der Waals surface area (Å²) in [7, 11) is 0. The maximum Gasteiger partial charge on any atom is 0.345 e. The third kappa shape index (κ3) is 2.51. The second-order valence-corrected chi connectivity index (χ2v) is 5.12. The highest BCUT2D eigenvalue weighted by molar-refractivity contribution is 5.81. The van der Waals surface area contributed by atoms with Crippen LogP contribution in [-0.2, 0) is 0 Å². The SMILES string of the molecule is O=c1oc2ccccc2cc1-c1ccnc(-c2ccccc2)n1. The third-order valence-corrected chi connectivity index (χ3v) is 3.60. The van der Waals surface area contributed by atoms with Gasteiger partial charge in [0.25, 0.3) is 0 Å². The Balaban J connectivity index is 1.88. The van der Waals surface area contributed by atoms with Crippen LogP contribution in [0.3, 0.4) is 0 Å². The molecule has 4 aromatic rings. The lowest BCUT2D eigenvalue weighted by Crippen LogP contribution is -2.04. The van der Waals surface area contributed by atoms with E-state index < -0.39 is 5.63 Å². The Hall–Kier alpha value is -3.27. The van der Waals surface area contributed by atoms with Crippen LogP contribution in [0, 0.1) is 0 Å². The minimum Gasteiger partial charge on any atom is -0.422 e. The molecule has 4 heteroatoms. The average molecular weight is 300 g/mol. The van der Waals surface area contributed by atoms with Gasteiger partial charge in [-0.3, -0.25) is 0 Å². The van der Waals surface area contributed by atoms with Gasteiger partial charge < -0.3 is 4.42 Å². The van der Waals surface area contributed by atoms with Crippen LogP contribution in [0.15, 0.2) is 82.1 Å². The lowest BCUT2D eigenvalue weighted by atomic mass is 10.1. The van der Waals surface area contributed by atoms with Crippen LogP contribution in [0.4, 0.5) is 0 Å². The van der Waals surface area contributed by atoms with E-state index in [1.807, 2.05) is 48.5 Å². The summed E-state index contributed by atoms with van der Waals surface area (Å²) in [5.74, 6) is 0.579. The fraction of sp³-hybridized carbons (Fsp3) is 0. The van der Waals surface area contributed by atoms with Gasteiger partial charge in [0.2, 0.25) is 0 Å². The van der Waals surface area contributed by atoms with Gasteiger partial charge >= 0.3 is 5.63 Å². The van der Waals surface area contributed by atoms with Crippen LogP contribution in [-0.4, -0.2) is 9.97 Å². The van der Waals surface area contributed by atoms with Crippen molar-refractivity contribution in [2.75, 3.05) is 0 Å². The van der Waals surface area contributed by atoms with Gasteiger partial charge in [-0.05, 0) is 18.2 Å². The van der Waals surface area contributed by atoms with Gasteiger partial charge in [0.05, 0.1) is 11.3 Å². The fourth-order valence-electron chi connectivity index (χ4n) is 2.48. The number of rotatable bonds is 2. The van der Waals surface area contributed by atoms with Crippen molar-refractivity contribution in [1.82, 2.24) is 9.97 Å². The van der Waals surface area contributed by atoms with Gasteiger partial charge in [-0.15, -0.1) is 0 Å². The second-order valence-electron chi connectivity index (χ2n) is 5.12. The van der Waals surface area contributed by atoms with E-state index in [4.69, 9.17) is 4.42 Å². The standard InChI is InChI=1S/C19H12N2O2/c22-19-15(12-14-8-4-5-9-17(14)23-19)16-10-11-20-18(21-16)13-6-2-1-3-7-13/h1-12H. The third-order valence-electron chi connectivity index (χ3n) is 3.60. The molecule has 0 bridgehead atoms. The summed E-state index contributed by atoms with van der Waals surface area (Å²) in [6.45, 7) is 0. The number of aromatic nitrogens is 2. The van der Waals surface area contributed by atoms with Crippen molar-refractivity contribution in [3.63, 3.8) is 0 Å². The molecule has 0 aliphatic carbocycles. The topological polar surface area (TPSA) is 56.0 Å². The molecule has 0 atom stereocenters. The van der Waals surface area contributed by atoms with Gasteiger partial charge in [0.15, 0.2) is 5.82 Å². The van der Waals surface area contributed by atoms with Crippen molar-refractivity contribution in [1.29, 1.82) is 0 Å². The smallest absolute Gasteiger partial charge is 0.345 e. The Morgan fingerprint density at radius 1 is 0.870 bits per heavy atom. The lowest BCUT2D eigenvalue weighted by molar-refractivity contribution is 0.563. The van der Waals surface area contributed by atoms with Crippen LogP contribution in [0.2, 0.25) is 0 Å². The second kappa shape index (κ2) is 5.50. The molecule has 2 aromatic carbocycles. The summed E-state index contributed by atoms with van der Waals surface area (Å²) >= 11 is 0. The summed E-state index contributed by atoms with van der Waals surface area (Å²) in [6, 6.07) is 20.6. The van der Waals surface area contributed by atoms with Crippen LogP contribution < -0.4 is 5.63 Å². The number of para-hydroxylation sites is 1. The molecule has 0 amide bonds. The van der Waals surface area contributed by atoms with E-state index in [1.54, 1.807) is 24.4 Å². The fourth-order valence-corrected chi connectivity index (χ4v) is 2.48. The molecular weight excluding hydrogens is 288 g/mol. The first-order valence-electron chi connectivity index (χ1n) is 7.23. The Morgan fingerprint density at radius 2 is 1.65 bits per heavy atom. The van der Waals surface area contributed by atoms with Gasteiger partial charge in [-0.2, -0.15) is 0 Å². The maximum atomic E-state index is 12.3. The predicted molar refractivity (Wildman–Crippen MR) is 88.9 cm³/mol. The zero-order valence-electron chi connectivity index (χ0n) is 12.1. The highest BCUT2D eigenvalue weighted by atomic mass is 16.4. The Labute approximate surface area is 132 Å². The molecule has 0 N–H and O–H groups in total. The van der Waals surface area contributed by atoms with Crippen molar-refractivity contribution in [3.8, 4) is 22.6 Å². The van der Waals surface area contributed by atoms with E-state index in [9.17, 15) is 4.79 Å². The van der Waals surface area contributed by atoms with E-state index in [0.717, 1.165) is 10.9 Å². The molecule has 4 rings (SSSR count). The van der Waals surface area contributed by atoms with Gasteiger partial charge in [-0.25, -0.2) is 14.8 Å². The quantitative estimate of drug-likeness (QED) is 0.527. The highest BCUT2D eigenvalue weighted by Gasteiger charge is 2.10. The minimum absolute atomic E-state index is 0.401. The molecule has 0 aliphatic rings. The molecule has 0 radical (unpaired) electrons. The largest absolute Gasteiger partial charge is 0.422 e. The number of fused-ring (bicyclic) bond motifs is 1. The van der Waals surface area contributed by atoms with Crippen LogP contribution in [0.25, 0.3) is 33.6 Å². The molecule has 0 fully saturated rings. The van der Waals surface area contributed by atoms with Crippen molar-refractivity contribution in [3.05, 3.63) is 83.3 Å². The number of nitrogens with zero attached hydrogens (tertiary/aromatic N) is 2. The summed E-state index contributed by atoms with van der Waals surface area (Å²) in [5, 5.41) is 0.863. The molecule has 2 heterocycles. The van der Waals surface area contributed by atoms with E-state index in [-0.39, 0.29) is 0 Å². The molecule has 4 nitrogen and oxygen atoms in total. The van der Waals surface area contributed by atoms with Crippen LogP contribution >= 0.6 is 0 Å². The summed E-state index contributed by atoms with van der Waals surface area (Å²) in [4.78, 5) is 21.0. The minimum atomic E-state index is -0.401. The molecule has 0 aliphatic heterocycles. The summed E-state index contributed by atoms with van der Waals surface area (Å²) < 4.78 is 5.38. The molecule has 0 unspecified atom stereocenters. The zero-order valence-corrected chi connectivity index (χ0v) is 12.1. The van der Waals surface area contributed by atoms with E-state index in [2.05, 4.69) is 9.97 Å². The van der Waals surface area contributed by atoms with E-state index in [1.165, 1.54) is 0 Å². The zero-order chi connectivity index (χ0) is 15.6. The summed E-state index contributed by atoms with van der Waals surface area (Å²) in [6.07, 6.45) is 1.65. The first kappa shape index (κ1) is 13.4. The Kier molecular flexibility index (Phi) is 3.20.